The van der Waals surface area contributed by atoms with Crippen LogP contribution in [0.15, 0.2) is 48.5 Å². The molecule has 7 heteroatoms. The fourth-order valence-electron chi connectivity index (χ4n) is 1.68. The van der Waals surface area contributed by atoms with Crippen molar-refractivity contribution in [2.24, 2.45) is 0 Å². The lowest BCUT2D eigenvalue weighted by atomic mass is 10.1. The Labute approximate surface area is 133 Å². The third kappa shape index (κ3) is 5.05. The van der Waals surface area contributed by atoms with E-state index in [-0.39, 0.29) is 5.56 Å². The lowest BCUT2D eigenvalue weighted by Gasteiger charge is -2.07. The van der Waals surface area contributed by atoms with E-state index in [1.54, 1.807) is 48.5 Å². The SMILES string of the molecule is CS(=O)(=O)NC(=O)c1ccc(COc2ccc(Cl)cc2)cc1. The second-order valence-corrected chi connectivity index (χ2v) is 6.83. The van der Waals surface area contributed by atoms with Gasteiger partial charge in [-0.1, -0.05) is 23.7 Å². The normalized spacial score (nSPS) is 11.0. The molecular weight excluding hydrogens is 326 g/mol. The van der Waals surface area contributed by atoms with Crippen LogP contribution in [0.3, 0.4) is 0 Å². The monoisotopic (exact) mass is 339 g/mol. The van der Waals surface area contributed by atoms with E-state index in [9.17, 15) is 13.2 Å². The molecule has 0 unspecified atom stereocenters. The van der Waals surface area contributed by atoms with E-state index in [0.717, 1.165) is 11.8 Å². The van der Waals surface area contributed by atoms with Crippen molar-refractivity contribution in [1.29, 1.82) is 0 Å². The second kappa shape index (κ2) is 6.81. The van der Waals surface area contributed by atoms with Crippen molar-refractivity contribution < 1.29 is 17.9 Å². The number of halogens is 1. The average Bonchev–Trinajstić information content (AvgIpc) is 2.45. The first-order chi connectivity index (χ1) is 10.3. The average molecular weight is 340 g/mol. The minimum atomic E-state index is -3.57. The smallest absolute Gasteiger partial charge is 0.264 e. The minimum absolute atomic E-state index is 0.265. The molecule has 5 nitrogen and oxygen atoms in total. The Hall–Kier alpha value is -2.05. The van der Waals surface area contributed by atoms with Gasteiger partial charge in [-0.25, -0.2) is 13.1 Å². The third-order valence-electron chi connectivity index (χ3n) is 2.71. The number of benzene rings is 2. The quantitative estimate of drug-likeness (QED) is 0.908. The summed E-state index contributed by atoms with van der Waals surface area (Å²) in [7, 11) is -3.57. The summed E-state index contributed by atoms with van der Waals surface area (Å²) >= 11 is 5.79. The van der Waals surface area contributed by atoms with Gasteiger partial charge in [-0.15, -0.1) is 0 Å². The van der Waals surface area contributed by atoms with E-state index in [1.807, 2.05) is 4.72 Å². The zero-order chi connectivity index (χ0) is 16.2. The van der Waals surface area contributed by atoms with Crippen LogP contribution in [-0.4, -0.2) is 20.6 Å². The molecule has 0 atom stereocenters. The Bertz CT molecular complexity index is 755. The maximum absolute atomic E-state index is 11.6. The Balaban J connectivity index is 1.97. The molecule has 0 radical (unpaired) electrons. The van der Waals surface area contributed by atoms with E-state index in [0.29, 0.717) is 17.4 Å². The number of amides is 1. The number of nitrogens with one attached hydrogen (secondary N) is 1. The van der Waals surface area contributed by atoms with Crippen LogP contribution < -0.4 is 9.46 Å². The van der Waals surface area contributed by atoms with Crippen LogP contribution in [0.1, 0.15) is 15.9 Å². The molecule has 0 bridgehead atoms. The predicted molar refractivity (Wildman–Crippen MR) is 84.5 cm³/mol. The number of carbonyl (C=O) groups is 1. The van der Waals surface area contributed by atoms with Crippen molar-refractivity contribution in [1.82, 2.24) is 4.72 Å². The Morgan fingerprint density at radius 3 is 2.23 bits per heavy atom. The van der Waals surface area contributed by atoms with Crippen molar-refractivity contribution >= 4 is 27.5 Å². The lowest BCUT2D eigenvalue weighted by molar-refractivity contribution is 0.0981. The van der Waals surface area contributed by atoms with Crippen LogP contribution in [0.5, 0.6) is 5.75 Å². The highest BCUT2D eigenvalue weighted by atomic mass is 35.5. The van der Waals surface area contributed by atoms with Gasteiger partial charge in [-0.3, -0.25) is 4.79 Å². The largest absolute Gasteiger partial charge is 0.489 e. The van der Waals surface area contributed by atoms with Gasteiger partial charge < -0.3 is 4.74 Å². The molecule has 0 spiro atoms. The summed E-state index contributed by atoms with van der Waals surface area (Å²) in [5.74, 6) is 0.0240. The molecule has 0 aliphatic rings. The van der Waals surface area contributed by atoms with Crippen LogP contribution in [-0.2, 0) is 16.6 Å². The molecule has 0 saturated carbocycles. The van der Waals surface area contributed by atoms with Gasteiger partial charge in [-0.2, -0.15) is 0 Å². The van der Waals surface area contributed by atoms with Gasteiger partial charge in [0.2, 0.25) is 10.0 Å². The molecule has 22 heavy (non-hydrogen) atoms. The molecule has 0 aliphatic heterocycles. The van der Waals surface area contributed by atoms with Crippen molar-refractivity contribution in [3.63, 3.8) is 0 Å². The minimum Gasteiger partial charge on any atom is -0.489 e. The van der Waals surface area contributed by atoms with E-state index in [4.69, 9.17) is 16.3 Å². The number of sulfonamides is 1. The summed E-state index contributed by atoms with van der Waals surface area (Å²) in [6.07, 6.45) is 0.930. The molecule has 1 N–H and O–H groups in total. The van der Waals surface area contributed by atoms with Gasteiger partial charge in [0, 0.05) is 10.6 Å². The predicted octanol–water partition coefficient (Wildman–Crippen LogP) is 2.61. The zero-order valence-electron chi connectivity index (χ0n) is 11.7. The lowest BCUT2D eigenvalue weighted by Crippen LogP contribution is -2.29. The molecular formula is C15H14ClNO4S. The molecule has 2 rings (SSSR count). The molecule has 0 saturated heterocycles. The van der Waals surface area contributed by atoms with Crippen molar-refractivity contribution in [3.05, 3.63) is 64.7 Å². The van der Waals surface area contributed by atoms with E-state index in [2.05, 4.69) is 0 Å². The standard InChI is InChI=1S/C15H14ClNO4S/c1-22(19,20)17-15(18)12-4-2-11(3-5-12)10-21-14-8-6-13(16)7-9-14/h2-9H,10H2,1H3,(H,17,18). The van der Waals surface area contributed by atoms with Crippen molar-refractivity contribution in [2.75, 3.05) is 6.26 Å². The molecule has 0 aromatic heterocycles. The topological polar surface area (TPSA) is 72.5 Å². The van der Waals surface area contributed by atoms with Crippen LogP contribution in [0.4, 0.5) is 0 Å². The van der Waals surface area contributed by atoms with Crippen LogP contribution in [0, 0.1) is 0 Å². The van der Waals surface area contributed by atoms with Gasteiger partial charge in [0.15, 0.2) is 0 Å². The van der Waals surface area contributed by atoms with E-state index < -0.39 is 15.9 Å². The number of hydrogen-bond acceptors (Lipinski definition) is 4. The van der Waals surface area contributed by atoms with E-state index in [1.165, 1.54) is 0 Å². The highest BCUT2D eigenvalue weighted by Crippen LogP contribution is 2.17. The Morgan fingerprint density at radius 2 is 1.68 bits per heavy atom. The Kier molecular flexibility index (Phi) is 5.05. The molecule has 0 fully saturated rings. The first-order valence-corrected chi connectivity index (χ1v) is 8.60. The third-order valence-corrected chi connectivity index (χ3v) is 3.52. The van der Waals surface area contributed by atoms with Gasteiger partial charge in [0.25, 0.3) is 5.91 Å². The van der Waals surface area contributed by atoms with Crippen LogP contribution in [0.2, 0.25) is 5.02 Å². The molecule has 1 amide bonds. The van der Waals surface area contributed by atoms with Crippen LogP contribution in [0.25, 0.3) is 0 Å². The number of hydrogen-bond donors (Lipinski definition) is 1. The second-order valence-electron chi connectivity index (χ2n) is 4.64. The molecule has 0 aliphatic carbocycles. The fraction of sp³-hybridized carbons (Fsp3) is 0.133. The molecule has 0 heterocycles. The highest BCUT2D eigenvalue weighted by molar-refractivity contribution is 7.89. The number of ether oxygens (including phenoxy) is 1. The first kappa shape index (κ1) is 16.3. The maximum atomic E-state index is 11.6. The molecule has 116 valence electrons. The number of carbonyl (C=O) groups excluding carboxylic acids is 1. The highest BCUT2D eigenvalue weighted by Gasteiger charge is 2.10. The summed E-state index contributed by atoms with van der Waals surface area (Å²) in [6.45, 7) is 0.329. The molecule has 2 aromatic carbocycles. The summed E-state index contributed by atoms with van der Waals surface area (Å²) < 4.78 is 29.5. The van der Waals surface area contributed by atoms with Crippen molar-refractivity contribution in [3.8, 4) is 5.75 Å². The maximum Gasteiger partial charge on any atom is 0.264 e. The first-order valence-electron chi connectivity index (χ1n) is 6.33. The number of rotatable bonds is 5. The summed E-state index contributed by atoms with van der Waals surface area (Å²) in [5, 5.41) is 0.633. The Morgan fingerprint density at radius 1 is 1.09 bits per heavy atom. The van der Waals surface area contributed by atoms with E-state index >= 15 is 0 Å². The molecule has 2 aromatic rings. The van der Waals surface area contributed by atoms with Crippen LogP contribution >= 0.6 is 11.6 Å². The summed E-state index contributed by atoms with van der Waals surface area (Å²) in [4.78, 5) is 11.6. The summed E-state index contributed by atoms with van der Waals surface area (Å²) in [5.41, 5.74) is 1.12. The van der Waals surface area contributed by atoms with Gasteiger partial charge in [-0.05, 0) is 42.0 Å². The van der Waals surface area contributed by atoms with Gasteiger partial charge in [0.05, 0.1) is 6.26 Å². The van der Waals surface area contributed by atoms with Gasteiger partial charge >= 0.3 is 0 Å². The fourth-order valence-corrected chi connectivity index (χ4v) is 2.26. The van der Waals surface area contributed by atoms with Crippen molar-refractivity contribution in [2.45, 2.75) is 6.61 Å². The van der Waals surface area contributed by atoms with Gasteiger partial charge in [0.1, 0.15) is 12.4 Å². The zero-order valence-corrected chi connectivity index (χ0v) is 13.3. The summed E-state index contributed by atoms with van der Waals surface area (Å²) in [6, 6.07) is 13.5.